The van der Waals surface area contributed by atoms with Gasteiger partial charge in [-0.3, -0.25) is 5.10 Å². The molecule has 0 saturated carbocycles. The summed E-state index contributed by atoms with van der Waals surface area (Å²) in [6.45, 7) is 0. The average molecular weight is 96.1 g/mol. The lowest BCUT2D eigenvalue weighted by Gasteiger charge is -1.83. The molecule has 0 aliphatic carbocycles. The standard InChI is InChI=1S/C4H4N2O/c1-7-4-2-5-6-3-4/h1-3H,(H,5,6). The fourth-order valence-electron chi connectivity index (χ4n) is 0.303. The molecule has 0 aliphatic heterocycles. The third-order valence-electron chi connectivity index (χ3n) is 0.609. The number of aromatic nitrogens is 2. The van der Waals surface area contributed by atoms with Gasteiger partial charge in [-0.1, -0.05) is 0 Å². The minimum absolute atomic E-state index is 0.542. The zero-order valence-corrected chi connectivity index (χ0v) is 3.59. The highest BCUT2D eigenvalue weighted by Gasteiger charge is 1.84. The van der Waals surface area contributed by atoms with E-state index in [1.165, 1.54) is 6.20 Å². The van der Waals surface area contributed by atoms with Crippen molar-refractivity contribution < 1.29 is 4.74 Å². The van der Waals surface area contributed by atoms with Crippen molar-refractivity contribution in [1.82, 2.24) is 10.2 Å². The van der Waals surface area contributed by atoms with Crippen molar-refractivity contribution in [1.29, 1.82) is 0 Å². The first kappa shape index (κ1) is 4.18. The Bertz CT molecular complexity index is 124. The van der Waals surface area contributed by atoms with Crippen molar-refractivity contribution >= 4 is 0 Å². The van der Waals surface area contributed by atoms with E-state index < -0.39 is 0 Å². The fourth-order valence-corrected chi connectivity index (χ4v) is 0.303. The average Bonchev–Trinajstić information content (AvgIpc) is 2.14. The molecule has 3 nitrogen and oxygen atoms in total. The van der Waals surface area contributed by atoms with E-state index in [2.05, 4.69) is 14.9 Å². The van der Waals surface area contributed by atoms with Crippen LogP contribution < -0.4 is 4.74 Å². The predicted molar refractivity (Wildman–Crippen MR) is 23.5 cm³/mol. The molecule has 0 amide bonds. The third-order valence-corrected chi connectivity index (χ3v) is 0.609. The molecular weight excluding hydrogens is 92.1 g/mol. The summed E-state index contributed by atoms with van der Waals surface area (Å²) in [7, 11) is 4.73. The second-order valence-corrected chi connectivity index (χ2v) is 1.05. The first-order chi connectivity index (χ1) is 3.43. The van der Waals surface area contributed by atoms with Gasteiger partial charge in [0.1, 0.15) is 0 Å². The summed E-state index contributed by atoms with van der Waals surface area (Å²) in [5.41, 5.74) is 0. The van der Waals surface area contributed by atoms with Crippen LogP contribution in [0.2, 0.25) is 0 Å². The summed E-state index contributed by atoms with van der Waals surface area (Å²) in [6.07, 6.45) is 3.04. The second-order valence-electron chi connectivity index (χ2n) is 1.05. The van der Waals surface area contributed by atoms with Gasteiger partial charge in [-0.15, -0.1) is 0 Å². The van der Waals surface area contributed by atoms with Crippen LogP contribution in [-0.2, 0) is 0 Å². The molecule has 1 rings (SSSR count). The smallest absolute Gasteiger partial charge is 0.180 e. The van der Waals surface area contributed by atoms with Crippen LogP contribution in [0.1, 0.15) is 0 Å². The number of hydrogen-bond donors (Lipinski definition) is 1. The fraction of sp³-hybridized carbons (Fsp3) is 0. The van der Waals surface area contributed by atoms with Gasteiger partial charge in [0.05, 0.1) is 12.4 Å². The highest BCUT2D eigenvalue weighted by Crippen LogP contribution is 2.01. The second kappa shape index (κ2) is 1.64. The highest BCUT2D eigenvalue weighted by atomic mass is 16.5. The highest BCUT2D eigenvalue weighted by molar-refractivity contribution is 5.09. The van der Waals surface area contributed by atoms with Gasteiger partial charge in [-0.2, -0.15) is 5.10 Å². The normalized spacial score (nSPS) is 8.71. The monoisotopic (exact) mass is 96.0 g/mol. The van der Waals surface area contributed by atoms with Crippen molar-refractivity contribution in [3.63, 3.8) is 0 Å². The number of rotatable bonds is 1. The number of nitrogens with one attached hydrogen (secondary N) is 1. The number of aromatic amines is 1. The molecule has 1 N–H and O–H groups in total. The Hall–Kier alpha value is -0.990. The van der Waals surface area contributed by atoms with Gasteiger partial charge in [-0.25, -0.2) is 0 Å². The van der Waals surface area contributed by atoms with Gasteiger partial charge in [0, 0.05) is 0 Å². The quantitative estimate of drug-likeness (QED) is 0.551. The van der Waals surface area contributed by atoms with E-state index in [-0.39, 0.29) is 0 Å². The molecule has 0 unspecified atom stereocenters. The van der Waals surface area contributed by atoms with Crippen LogP contribution in [-0.4, -0.2) is 10.2 Å². The molecule has 1 aromatic rings. The SMILES string of the molecule is [CH]Oc1cn[nH]c1. The molecule has 0 spiro atoms. The maximum atomic E-state index is 4.73. The van der Waals surface area contributed by atoms with E-state index in [9.17, 15) is 0 Å². The molecule has 0 atom stereocenters. The van der Waals surface area contributed by atoms with Crippen molar-refractivity contribution in [2.75, 3.05) is 0 Å². The van der Waals surface area contributed by atoms with Crippen molar-refractivity contribution in [3.8, 4) is 5.75 Å². The molecular formula is C4H4N2O. The van der Waals surface area contributed by atoms with Gasteiger partial charge in [-0.05, 0) is 0 Å². The number of H-pyrrole nitrogens is 1. The maximum absolute atomic E-state index is 4.73. The largest absolute Gasteiger partial charge is 0.479 e. The molecule has 1 aromatic heterocycles. The molecule has 0 bridgehead atoms. The Morgan fingerprint density at radius 3 is 3.00 bits per heavy atom. The van der Waals surface area contributed by atoms with E-state index in [0.717, 1.165) is 0 Å². The van der Waals surface area contributed by atoms with Crippen LogP contribution in [0.25, 0.3) is 0 Å². The van der Waals surface area contributed by atoms with E-state index in [1.54, 1.807) is 6.20 Å². The molecule has 1 heterocycles. The maximum Gasteiger partial charge on any atom is 0.180 e. The summed E-state index contributed by atoms with van der Waals surface area (Å²) >= 11 is 0. The van der Waals surface area contributed by atoms with Gasteiger partial charge < -0.3 is 4.74 Å². The number of nitrogens with zero attached hydrogens (tertiary/aromatic N) is 1. The van der Waals surface area contributed by atoms with Crippen LogP contribution >= 0.6 is 0 Å². The van der Waals surface area contributed by atoms with Crippen molar-refractivity contribution in [2.24, 2.45) is 0 Å². The molecule has 2 radical (unpaired) electrons. The molecule has 0 saturated heterocycles. The zero-order valence-electron chi connectivity index (χ0n) is 3.59. The van der Waals surface area contributed by atoms with Gasteiger partial charge >= 0.3 is 0 Å². The molecule has 36 valence electrons. The van der Waals surface area contributed by atoms with Crippen LogP contribution in [0.5, 0.6) is 5.75 Å². The minimum Gasteiger partial charge on any atom is -0.479 e. The van der Waals surface area contributed by atoms with Crippen LogP contribution in [0.3, 0.4) is 0 Å². The molecule has 7 heavy (non-hydrogen) atoms. The Kier molecular flexibility index (Phi) is 0.978. The first-order valence-corrected chi connectivity index (χ1v) is 1.79. The first-order valence-electron chi connectivity index (χ1n) is 1.79. The van der Waals surface area contributed by atoms with Crippen molar-refractivity contribution in [2.45, 2.75) is 0 Å². The molecule has 0 aliphatic rings. The topological polar surface area (TPSA) is 37.9 Å². The lowest BCUT2D eigenvalue weighted by Crippen LogP contribution is -1.70. The van der Waals surface area contributed by atoms with E-state index in [1.807, 2.05) is 0 Å². The third kappa shape index (κ3) is 0.707. The summed E-state index contributed by atoms with van der Waals surface area (Å²) in [5.74, 6) is 0.542. The summed E-state index contributed by atoms with van der Waals surface area (Å²) in [6, 6.07) is 0. The number of ether oxygens (including phenoxy) is 1. The van der Waals surface area contributed by atoms with Crippen LogP contribution in [0, 0.1) is 7.11 Å². The Morgan fingerprint density at radius 1 is 1.86 bits per heavy atom. The van der Waals surface area contributed by atoms with Crippen LogP contribution in [0.15, 0.2) is 12.4 Å². The van der Waals surface area contributed by atoms with E-state index >= 15 is 0 Å². The van der Waals surface area contributed by atoms with Gasteiger partial charge in [0.2, 0.25) is 0 Å². The number of hydrogen-bond acceptors (Lipinski definition) is 2. The summed E-state index contributed by atoms with van der Waals surface area (Å²) in [4.78, 5) is 0. The minimum atomic E-state index is 0.542. The molecule has 0 fully saturated rings. The van der Waals surface area contributed by atoms with Gasteiger partial charge in [0.15, 0.2) is 12.9 Å². The van der Waals surface area contributed by atoms with E-state index in [4.69, 9.17) is 7.11 Å². The predicted octanol–water partition coefficient (Wildman–Crippen LogP) is 0.457. The summed E-state index contributed by atoms with van der Waals surface area (Å²) in [5, 5.41) is 6.09. The lowest BCUT2D eigenvalue weighted by atomic mass is 10.7. The van der Waals surface area contributed by atoms with Gasteiger partial charge in [0.25, 0.3) is 0 Å². The molecule has 3 heteroatoms. The molecule has 0 aromatic carbocycles. The summed E-state index contributed by atoms with van der Waals surface area (Å²) < 4.78 is 4.26. The lowest BCUT2D eigenvalue weighted by molar-refractivity contribution is 0.473. The zero-order chi connectivity index (χ0) is 5.11. The van der Waals surface area contributed by atoms with Crippen LogP contribution in [0.4, 0.5) is 0 Å². The Labute approximate surface area is 41.3 Å². The Balaban J connectivity index is 2.76. The van der Waals surface area contributed by atoms with Crippen molar-refractivity contribution in [3.05, 3.63) is 19.5 Å². The Morgan fingerprint density at radius 2 is 2.71 bits per heavy atom. The van der Waals surface area contributed by atoms with E-state index in [0.29, 0.717) is 5.75 Å².